The Labute approximate surface area is 87.2 Å². The average molecular weight is 201 g/mol. The molecule has 0 radical (unpaired) electrons. The fraction of sp³-hybridized carbons (Fsp3) is 1.00. The van der Waals surface area contributed by atoms with Gasteiger partial charge in [0.05, 0.1) is 12.2 Å². The van der Waals surface area contributed by atoms with Gasteiger partial charge in [0.15, 0.2) is 0 Å². The zero-order chi connectivity index (χ0) is 10.4. The van der Waals surface area contributed by atoms with Crippen LogP contribution in [0.4, 0.5) is 0 Å². The van der Waals surface area contributed by atoms with Crippen LogP contribution in [-0.2, 0) is 9.47 Å². The van der Waals surface area contributed by atoms with Gasteiger partial charge in [-0.05, 0) is 33.6 Å². The lowest BCUT2D eigenvalue weighted by Crippen LogP contribution is -2.37. The van der Waals surface area contributed by atoms with Gasteiger partial charge in [-0.15, -0.1) is 0 Å². The van der Waals surface area contributed by atoms with Crippen molar-refractivity contribution in [2.45, 2.75) is 45.3 Å². The Balaban J connectivity index is 1.97. The van der Waals surface area contributed by atoms with Crippen molar-refractivity contribution in [1.29, 1.82) is 0 Å². The van der Waals surface area contributed by atoms with E-state index in [9.17, 15) is 0 Å². The van der Waals surface area contributed by atoms with E-state index in [0.717, 1.165) is 39.2 Å². The lowest BCUT2D eigenvalue weighted by molar-refractivity contribution is -0.00367. The second-order valence-corrected chi connectivity index (χ2v) is 4.80. The average Bonchev–Trinajstić information content (AvgIpc) is 2.13. The van der Waals surface area contributed by atoms with E-state index in [4.69, 9.17) is 9.47 Å². The van der Waals surface area contributed by atoms with Crippen molar-refractivity contribution in [1.82, 2.24) is 5.32 Å². The maximum atomic E-state index is 5.63. The Morgan fingerprint density at radius 1 is 1.29 bits per heavy atom. The largest absolute Gasteiger partial charge is 0.381 e. The van der Waals surface area contributed by atoms with Gasteiger partial charge in [-0.25, -0.2) is 0 Å². The third-order valence-electron chi connectivity index (χ3n) is 2.29. The van der Waals surface area contributed by atoms with E-state index in [1.54, 1.807) is 0 Å². The molecule has 0 unspecified atom stereocenters. The highest BCUT2D eigenvalue weighted by molar-refractivity contribution is 4.70. The molecule has 3 heteroatoms. The second-order valence-electron chi connectivity index (χ2n) is 4.80. The number of hydrogen-bond acceptors (Lipinski definition) is 3. The van der Waals surface area contributed by atoms with E-state index in [1.165, 1.54) is 0 Å². The van der Waals surface area contributed by atoms with E-state index < -0.39 is 0 Å². The third-order valence-corrected chi connectivity index (χ3v) is 2.29. The summed E-state index contributed by atoms with van der Waals surface area (Å²) in [6.07, 6.45) is 2.27. The van der Waals surface area contributed by atoms with Crippen molar-refractivity contribution in [2.75, 3.05) is 26.4 Å². The maximum absolute atomic E-state index is 5.63. The van der Waals surface area contributed by atoms with Crippen molar-refractivity contribution >= 4 is 0 Å². The second kappa shape index (κ2) is 5.69. The molecule has 0 spiro atoms. The molecule has 84 valence electrons. The lowest BCUT2D eigenvalue weighted by atomic mass is 10.1. The van der Waals surface area contributed by atoms with Gasteiger partial charge in [-0.3, -0.25) is 0 Å². The first-order valence-corrected chi connectivity index (χ1v) is 5.53. The normalized spacial score (nSPS) is 19.9. The Morgan fingerprint density at radius 3 is 2.50 bits per heavy atom. The zero-order valence-corrected chi connectivity index (χ0v) is 9.64. The Hall–Kier alpha value is -0.120. The Morgan fingerprint density at radius 2 is 1.93 bits per heavy atom. The van der Waals surface area contributed by atoms with Gasteiger partial charge in [-0.1, -0.05) is 0 Å². The van der Waals surface area contributed by atoms with Crippen LogP contribution in [0.15, 0.2) is 0 Å². The van der Waals surface area contributed by atoms with Crippen molar-refractivity contribution < 1.29 is 9.47 Å². The van der Waals surface area contributed by atoms with Crippen molar-refractivity contribution in [3.63, 3.8) is 0 Å². The molecule has 14 heavy (non-hydrogen) atoms. The van der Waals surface area contributed by atoms with Crippen LogP contribution in [0.5, 0.6) is 0 Å². The summed E-state index contributed by atoms with van der Waals surface area (Å²) in [4.78, 5) is 0. The Bertz CT molecular complexity index is 148. The van der Waals surface area contributed by atoms with Gasteiger partial charge >= 0.3 is 0 Å². The number of hydrogen-bond donors (Lipinski definition) is 1. The molecular weight excluding hydrogens is 178 g/mol. The van der Waals surface area contributed by atoms with Crippen LogP contribution < -0.4 is 5.32 Å². The molecule has 1 aliphatic rings. The van der Waals surface area contributed by atoms with Gasteiger partial charge < -0.3 is 14.8 Å². The third kappa shape index (κ3) is 5.58. The van der Waals surface area contributed by atoms with Crippen molar-refractivity contribution in [3.8, 4) is 0 Å². The first kappa shape index (κ1) is 12.0. The number of ether oxygens (including phenoxy) is 2. The topological polar surface area (TPSA) is 30.5 Å². The lowest BCUT2D eigenvalue weighted by Gasteiger charge is -2.24. The van der Waals surface area contributed by atoms with Gasteiger partial charge in [-0.2, -0.15) is 0 Å². The molecule has 0 saturated carbocycles. The summed E-state index contributed by atoms with van der Waals surface area (Å²) in [7, 11) is 0. The molecule has 1 aliphatic heterocycles. The van der Waals surface area contributed by atoms with Crippen LogP contribution >= 0.6 is 0 Å². The predicted molar refractivity (Wildman–Crippen MR) is 57.5 cm³/mol. The minimum Gasteiger partial charge on any atom is -0.381 e. The molecular formula is C11H23NO2. The first-order valence-electron chi connectivity index (χ1n) is 5.53. The molecule has 0 bridgehead atoms. The van der Waals surface area contributed by atoms with Crippen LogP contribution in [0, 0.1) is 0 Å². The molecule has 1 rings (SSSR count). The fourth-order valence-electron chi connectivity index (χ4n) is 1.52. The van der Waals surface area contributed by atoms with Gasteiger partial charge in [0, 0.05) is 25.8 Å². The zero-order valence-electron chi connectivity index (χ0n) is 9.64. The van der Waals surface area contributed by atoms with E-state index >= 15 is 0 Å². The highest BCUT2D eigenvalue weighted by Gasteiger charge is 2.13. The Kier molecular flexibility index (Phi) is 4.85. The minimum atomic E-state index is -0.0165. The SMILES string of the molecule is CC(C)(C)OCCNC1CCOCC1. The fourth-order valence-corrected chi connectivity index (χ4v) is 1.52. The summed E-state index contributed by atoms with van der Waals surface area (Å²) < 4.78 is 10.9. The number of rotatable bonds is 4. The predicted octanol–water partition coefficient (Wildman–Crippen LogP) is 1.57. The molecule has 0 aromatic rings. The van der Waals surface area contributed by atoms with Crippen LogP contribution in [-0.4, -0.2) is 38.0 Å². The standard InChI is InChI=1S/C11H23NO2/c1-11(2,3)14-9-6-12-10-4-7-13-8-5-10/h10,12H,4-9H2,1-3H3. The van der Waals surface area contributed by atoms with Gasteiger partial charge in [0.1, 0.15) is 0 Å². The summed E-state index contributed by atoms with van der Waals surface area (Å²) in [5, 5.41) is 3.49. The van der Waals surface area contributed by atoms with Crippen molar-refractivity contribution in [2.24, 2.45) is 0 Å². The van der Waals surface area contributed by atoms with E-state index in [1.807, 2.05) is 0 Å². The summed E-state index contributed by atoms with van der Waals surface area (Å²) in [5.74, 6) is 0. The van der Waals surface area contributed by atoms with Gasteiger partial charge in [0.2, 0.25) is 0 Å². The molecule has 0 aliphatic carbocycles. The summed E-state index contributed by atoms with van der Waals surface area (Å²) in [5.41, 5.74) is -0.0165. The molecule has 1 heterocycles. The molecule has 0 amide bonds. The van der Waals surface area contributed by atoms with Crippen LogP contribution in [0.25, 0.3) is 0 Å². The summed E-state index contributed by atoms with van der Waals surface area (Å²) in [6, 6.07) is 0.632. The first-order chi connectivity index (χ1) is 6.58. The van der Waals surface area contributed by atoms with Crippen LogP contribution in [0.3, 0.4) is 0 Å². The van der Waals surface area contributed by atoms with Crippen LogP contribution in [0.2, 0.25) is 0 Å². The minimum absolute atomic E-state index is 0.0165. The highest BCUT2D eigenvalue weighted by Crippen LogP contribution is 2.07. The molecule has 0 aromatic heterocycles. The quantitative estimate of drug-likeness (QED) is 0.700. The smallest absolute Gasteiger partial charge is 0.0599 e. The summed E-state index contributed by atoms with van der Waals surface area (Å²) in [6.45, 7) is 9.79. The molecule has 1 N–H and O–H groups in total. The molecule has 3 nitrogen and oxygen atoms in total. The van der Waals surface area contributed by atoms with Crippen LogP contribution in [0.1, 0.15) is 33.6 Å². The van der Waals surface area contributed by atoms with Gasteiger partial charge in [0.25, 0.3) is 0 Å². The van der Waals surface area contributed by atoms with E-state index in [2.05, 4.69) is 26.1 Å². The summed E-state index contributed by atoms with van der Waals surface area (Å²) >= 11 is 0. The van der Waals surface area contributed by atoms with E-state index in [-0.39, 0.29) is 5.60 Å². The highest BCUT2D eigenvalue weighted by atomic mass is 16.5. The number of nitrogens with one attached hydrogen (secondary N) is 1. The maximum Gasteiger partial charge on any atom is 0.0599 e. The van der Waals surface area contributed by atoms with Crippen molar-refractivity contribution in [3.05, 3.63) is 0 Å². The molecule has 1 fully saturated rings. The van der Waals surface area contributed by atoms with E-state index in [0.29, 0.717) is 6.04 Å². The molecule has 1 saturated heterocycles. The molecule has 0 aromatic carbocycles. The molecule has 0 atom stereocenters. The monoisotopic (exact) mass is 201 g/mol.